The molecule has 0 saturated carbocycles. The molecular formula is C15H28O3. The van der Waals surface area contributed by atoms with Crippen LogP contribution in [0.15, 0.2) is 12.2 Å². The van der Waals surface area contributed by atoms with E-state index in [1.807, 2.05) is 0 Å². The number of hydrogen-bond acceptors (Lipinski definition) is 3. The van der Waals surface area contributed by atoms with Crippen molar-refractivity contribution in [2.24, 2.45) is 0 Å². The van der Waals surface area contributed by atoms with Crippen LogP contribution in [0.4, 0.5) is 0 Å². The Bertz CT molecular complexity index is 256. The molecule has 0 heterocycles. The maximum absolute atomic E-state index is 11.1. The minimum absolute atomic E-state index is 0.00296. The molecule has 0 aromatic rings. The molecule has 0 rings (SSSR count). The van der Waals surface area contributed by atoms with Gasteiger partial charge in [0.05, 0.1) is 12.2 Å². The lowest BCUT2D eigenvalue weighted by Crippen LogP contribution is -2.23. The Labute approximate surface area is 112 Å². The Morgan fingerprint density at radius 1 is 1.11 bits per heavy atom. The molecule has 0 radical (unpaired) electrons. The maximum Gasteiger partial charge on any atom is 0.333 e. The van der Waals surface area contributed by atoms with Crippen LogP contribution in [-0.2, 0) is 14.3 Å². The molecule has 3 heteroatoms. The molecule has 0 fully saturated rings. The van der Waals surface area contributed by atoms with Gasteiger partial charge in [-0.3, -0.25) is 0 Å². The van der Waals surface area contributed by atoms with Crippen LogP contribution in [0.5, 0.6) is 0 Å². The number of carbonyl (C=O) groups is 1. The van der Waals surface area contributed by atoms with Crippen molar-refractivity contribution < 1.29 is 14.3 Å². The Balaban J connectivity index is 3.32. The molecule has 106 valence electrons. The lowest BCUT2D eigenvalue weighted by molar-refractivity contribution is -0.139. The van der Waals surface area contributed by atoms with E-state index in [1.54, 1.807) is 6.92 Å². The predicted molar refractivity (Wildman–Crippen MR) is 74.6 cm³/mol. The summed E-state index contributed by atoms with van der Waals surface area (Å²) in [5.41, 5.74) is 0.460. The molecule has 0 saturated heterocycles. The quantitative estimate of drug-likeness (QED) is 0.338. The van der Waals surface area contributed by atoms with E-state index in [9.17, 15) is 4.79 Å². The van der Waals surface area contributed by atoms with Gasteiger partial charge in [0.2, 0.25) is 0 Å². The molecule has 0 bridgehead atoms. The van der Waals surface area contributed by atoms with Crippen LogP contribution in [0.2, 0.25) is 0 Å². The van der Waals surface area contributed by atoms with Gasteiger partial charge in [0.25, 0.3) is 0 Å². The number of hydrogen-bond donors (Lipinski definition) is 0. The van der Waals surface area contributed by atoms with Gasteiger partial charge in [-0.2, -0.15) is 0 Å². The first-order valence-electron chi connectivity index (χ1n) is 6.85. The summed E-state index contributed by atoms with van der Waals surface area (Å²) in [4.78, 5) is 11.1. The van der Waals surface area contributed by atoms with Crippen molar-refractivity contribution in [3.05, 3.63) is 12.2 Å². The zero-order valence-corrected chi connectivity index (χ0v) is 12.4. The van der Waals surface area contributed by atoms with Gasteiger partial charge >= 0.3 is 5.97 Å². The van der Waals surface area contributed by atoms with E-state index < -0.39 is 0 Å². The van der Waals surface area contributed by atoms with Crippen LogP contribution in [0.3, 0.4) is 0 Å². The Hall–Kier alpha value is -0.830. The second kappa shape index (κ2) is 9.15. The summed E-state index contributed by atoms with van der Waals surface area (Å²) in [5, 5.41) is 0. The van der Waals surface area contributed by atoms with Gasteiger partial charge < -0.3 is 9.47 Å². The van der Waals surface area contributed by atoms with Gasteiger partial charge in [-0.15, -0.1) is 0 Å². The van der Waals surface area contributed by atoms with E-state index in [4.69, 9.17) is 9.47 Å². The minimum Gasteiger partial charge on any atom is -0.462 e. The largest absolute Gasteiger partial charge is 0.462 e. The molecule has 0 amide bonds. The van der Waals surface area contributed by atoms with Crippen LogP contribution < -0.4 is 0 Å². The molecule has 0 aromatic heterocycles. The third kappa shape index (κ3) is 9.23. The van der Waals surface area contributed by atoms with Crippen molar-refractivity contribution in [1.29, 1.82) is 0 Å². The smallest absolute Gasteiger partial charge is 0.333 e. The van der Waals surface area contributed by atoms with Crippen molar-refractivity contribution in [3.63, 3.8) is 0 Å². The van der Waals surface area contributed by atoms with Gasteiger partial charge in [0.1, 0.15) is 0 Å². The highest BCUT2D eigenvalue weighted by molar-refractivity contribution is 5.86. The standard InChI is InChI=1S/C15H28O3/c1-6-15(4,5)18-12-10-8-7-9-11-17-14(16)13(2)3/h2,6-12H2,1,3-5H3. The molecule has 0 aliphatic carbocycles. The lowest BCUT2D eigenvalue weighted by atomic mass is 10.1. The Kier molecular flexibility index (Phi) is 8.73. The molecular weight excluding hydrogens is 228 g/mol. The average molecular weight is 256 g/mol. The highest BCUT2D eigenvalue weighted by Gasteiger charge is 2.14. The summed E-state index contributed by atoms with van der Waals surface area (Å²) in [6, 6.07) is 0. The van der Waals surface area contributed by atoms with Gasteiger partial charge in [-0.05, 0) is 46.5 Å². The summed E-state index contributed by atoms with van der Waals surface area (Å²) < 4.78 is 10.8. The molecule has 0 spiro atoms. The molecule has 3 nitrogen and oxygen atoms in total. The van der Waals surface area contributed by atoms with Gasteiger partial charge in [0.15, 0.2) is 0 Å². The van der Waals surface area contributed by atoms with Gasteiger partial charge in [0, 0.05) is 12.2 Å². The fourth-order valence-corrected chi connectivity index (χ4v) is 1.30. The molecule has 0 aromatic carbocycles. The molecule has 0 aliphatic heterocycles. The van der Waals surface area contributed by atoms with Crippen LogP contribution >= 0.6 is 0 Å². The van der Waals surface area contributed by atoms with Crippen molar-refractivity contribution in [3.8, 4) is 0 Å². The highest BCUT2D eigenvalue weighted by Crippen LogP contribution is 2.14. The van der Waals surface area contributed by atoms with Gasteiger partial charge in [-0.1, -0.05) is 19.9 Å². The molecule has 0 N–H and O–H groups in total. The predicted octanol–water partition coefficient (Wildman–Crippen LogP) is 3.87. The molecule has 0 aliphatic rings. The second-order valence-corrected chi connectivity index (χ2v) is 5.29. The van der Waals surface area contributed by atoms with Crippen molar-refractivity contribution in [1.82, 2.24) is 0 Å². The van der Waals surface area contributed by atoms with Crippen molar-refractivity contribution in [2.75, 3.05) is 13.2 Å². The van der Waals surface area contributed by atoms with E-state index in [0.29, 0.717) is 12.2 Å². The number of ether oxygens (including phenoxy) is 2. The third-order valence-corrected chi connectivity index (χ3v) is 2.96. The number of unbranched alkanes of at least 4 members (excludes halogenated alkanes) is 3. The van der Waals surface area contributed by atoms with E-state index in [0.717, 1.165) is 38.7 Å². The Morgan fingerprint density at radius 2 is 1.67 bits per heavy atom. The molecule has 0 atom stereocenters. The Morgan fingerprint density at radius 3 is 2.17 bits per heavy atom. The van der Waals surface area contributed by atoms with E-state index in [-0.39, 0.29) is 11.6 Å². The van der Waals surface area contributed by atoms with Crippen molar-refractivity contribution >= 4 is 5.97 Å². The number of rotatable bonds is 10. The summed E-state index contributed by atoms with van der Waals surface area (Å²) in [6.07, 6.45) is 5.20. The number of esters is 1. The zero-order valence-electron chi connectivity index (χ0n) is 12.4. The third-order valence-electron chi connectivity index (χ3n) is 2.96. The average Bonchev–Trinajstić information content (AvgIpc) is 2.32. The van der Waals surface area contributed by atoms with E-state index >= 15 is 0 Å². The fourth-order valence-electron chi connectivity index (χ4n) is 1.30. The minimum atomic E-state index is -0.289. The second-order valence-electron chi connectivity index (χ2n) is 5.29. The van der Waals surface area contributed by atoms with Gasteiger partial charge in [-0.25, -0.2) is 4.79 Å². The van der Waals surface area contributed by atoms with Crippen LogP contribution in [0.1, 0.15) is 59.8 Å². The topological polar surface area (TPSA) is 35.5 Å². The van der Waals surface area contributed by atoms with Crippen LogP contribution in [0.25, 0.3) is 0 Å². The number of carbonyl (C=O) groups excluding carboxylic acids is 1. The molecule has 0 unspecified atom stereocenters. The van der Waals surface area contributed by atoms with E-state index in [1.165, 1.54) is 0 Å². The summed E-state index contributed by atoms with van der Waals surface area (Å²) in [5.74, 6) is -0.289. The normalized spacial score (nSPS) is 11.3. The van der Waals surface area contributed by atoms with Crippen molar-refractivity contribution in [2.45, 2.75) is 65.4 Å². The fraction of sp³-hybridized carbons (Fsp3) is 0.800. The lowest BCUT2D eigenvalue weighted by Gasteiger charge is -2.23. The van der Waals surface area contributed by atoms with Crippen LogP contribution in [0, 0.1) is 0 Å². The summed E-state index contributed by atoms with van der Waals surface area (Å²) >= 11 is 0. The first kappa shape index (κ1) is 17.2. The molecule has 18 heavy (non-hydrogen) atoms. The zero-order chi connectivity index (χ0) is 14.0. The highest BCUT2D eigenvalue weighted by atomic mass is 16.5. The summed E-state index contributed by atoms with van der Waals surface area (Å²) in [7, 11) is 0. The monoisotopic (exact) mass is 256 g/mol. The summed E-state index contributed by atoms with van der Waals surface area (Å²) in [6.45, 7) is 12.9. The SMILES string of the molecule is C=C(C)C(=O)OCCCCCCOC(C)(C)CC. The first-order chi connectivity index (χ1) is 8.39. The van der Waals surface area contributed by atoms with E-state index in [2.05, 4.69) is 27.4 Å². The first-order valence-corrected chi connectivity index (χ1v) is 6.85. The maximum atomic E-state index is 11.1. The van der Waals surface area contributed by atoms with Crippen LogP contribution in [-0.4, -0.2) is 24.8 Å².